The molecule has 5 nitrogen and oxygen atoms in total. The highest BCUT2D eigenvalue weighted by molar-refractivity contribution is 7.97. The zero-order valence-electron chi connectivity index (χ0n) is 12.0. The first-order valence-corrected chi connectivity index (χ1v) is 8.35. The van der Waals surface area contributed by atoms with Crippen molar-refractivity contribution >= 4 is 29.6 Å². The minimum atomic E-state index is 0.183. The topological polar surface area (TPSA) is 39.7 Å². The Morgan fingerprint density at radius 2 is 2.00 bits per heavy atom. The van der Waals surface area contributed by atoms with Crippen molar-refractivity contribution in [2.45, 2.75) is 23.8 Å². The van der Waals surface area contributed by atoms with Crippen LogP contribution in [0.2, 0.25) is 5.15 Å². The van der Waals surface area contributed by atoms with Crippen LogP contribution in [0.3, 0.4) is 0 Å². The van der Waals surface area contributed by atoms with Gasteiger partial charge in [-0.25, -0.2) is 14.1 Å². The maximum Gasteiger partial charge on any atom is 0.320 e. The van der Waals surface area contributed by atoms with Crippen molar-refractivity contribution in [2.75, 3.05) is 33.2 Å². The fourth-order valence-corrected chi connectivity index (χ4v) is 3.85. The Balaban J connectivity index is 1.51. The zero-order chi connectivity index (χ0) is 14.8. The molecule has 3 heterocycles. The summed E-state index contributed by atoms with van der Waals surface area (Å²) in [5.41, 5.74) is 0. The Morgan fingerprint density at radius 3 is 2.57 bits per heavy atom. The maximum absolute atomic E-state index is 12.0. The van der Waals surface area contributed by atoms with Crippen molar-refractivity contribution < 1.29 is 4.79 Å². The molecule has 0 spiro atoms. The lowest BCUT2D eigenvalue weighted by Crippen LogP contribution is -2.44. The summed E-state index contributed by atoms with van der Waals surface area (Å²) in [5, 5.41) is 0.523. The smallest absolute Gasteiger partial charge is 0.320 e. The summed E-state index contributed by atoms with van der Waals surface area (Å²) in [4.78, 5) is 21.1. The van der Waals surface area contributed by atoms with Crippen molar-refractivity contribution in [2.24, 2.45) is 0 Å². The number of carbonyl (C=O) groups is 1. The number of rotatable bonds is 3. The van der Waals surface area contributed by atoms with Gasteiger partial charge < -0.3 is 9.80 Å². The number of hydrogen-bond donors (Lipinski definition) is 0. The van der Waals surface area contributed by atoms with E-state index in [9.17, 15) is 4.79 Å². The highest BCUT2D eigenvalue weighted by atomic mass is 35.5. The van der Waals surface area contributed by atoms with E-state index in [0.29, 0.717) is 11.2 Å². The first kappa shape index (κ1) is 14.9. The number of carbonyl (C=O) groups excluding carboxylic acids is 1. The standard InChI is InChI=1S/C14H19ClN4OS/c1-17-8-9-19(14(17)20)11-4-6-18(7-5-11)21-12-2-3-13(15)16-10-12/h2-3,10-11H,4-9H2,1H3. The molecule has 1 aromatic heterocycles. The van der Waals surface area contributed by atoms with Crippen LogP contribution in [0, 0.1) is 0 Å². The second-order valence-electron chi connectivity index (χ2n) is 5.47. The van der Waals surface area contributed by atoms with Crippen molar-refractivity contribution in [1.82, 2.24) is 19.1 Å². The highest BCUT2D eigenvalue weighted by Crippen LogP contribution is 2.28. The molecule has 0 aromatic carbocycles. The third-order valence-corrected chi connectivity index (χ3v) is 5.35. The molecule has 7 heteroatoms. The molecule has 0 saturated carbocycles. The molecule has 0 N–H and O–H groups in total. The third-order valence-electron chi connectivity index (χ3n) is 4.05. The summed E-state index contributed by atoms with van der Waals surface area (Å²) in [5.74, 6) is 0. The average molecular weight is 327 g/mol. The number of aromatic nitrogens is 1. The number of piperidine rings is 1. The lowest BCUT2D eigenvalue weighted by Gasteiger charge is -2.35. The molecule has 21 heavy (non-hydrogen) atoms. The summed E-state index contributed by atoms with van der Waals surface area (Å²) in [7, 11) is 1.88. The molecule has 0 bridgehead atoms. The Morgan fingerprint density at radius 1 is 1.24 bits per heavy atom. The van der Waals surface area contributed by atoms with Crippen molar-refractivity contribution in [3.63, 3.8) is 0 Å². The van der Waals surface area contributed by atoms with E-state index in [2.05, 4.69) is 9.29 Å². The van der Waals surface area contributed by atoms with E-state index in [1.54, 1.807) is 23.0 Å². The lowest BCUT2D eigenvalue weighted by atomic mass is 10.1. The van der Waals surface area contributed by atoms with E-state index in [1.807, 2.05) is 24.1 Å². The van der Waals surface area contributed by atoms with Gasteiger partial charge in [0.1, 0.15) is 5.15 Å². The van der Waals surface area contributed by atoms with Crippen LogP contribution in [0.5, 0.6) is 0 Å². The minimum Gasteiger partial charge on any atom is -0.326 e. The molecule has 0 unspecified atom stereocenters. The number of pyridine rings is 1. The summed E-state index contributed by atoms with van der Waals surface area (Å²) < 4.78 is 2.34. The predicted molar refractivity (Wildman–Crippen MR) is 84.4 cm³/mol. The predicted octanol–water partition coefficient (Wildman–Crippen LogP) is 2.57. The Labute approximate surface area is 134 Å². The van der Waals surface area contributed by atoms with Gasteiger partial charge >= 0.3 is 6.03 Å². The van der Waals surface area contributed by atoms with E-state index in [1.165, 1.54) is 0 Å². The highest BCUT2D eigenvalue weighted by Gasteiger charge is 2.33. The summed E-state index contributed by atoms with van der Waals surface area (Å²) in [6.45, 7) is 3.70. The first-order valence-electron chi connectivity index (χ1n) is 7.20. The molecule has 3 rings (SSSR count). The molecule has 2 fully saturated rings. The number of halogens is 1. The van der Waals surface area contributed by atoms with Gasteiger partial charge in [-0.1, -0.05) is 11.6 Å². The van der Waals surface area contributed by atoms with E-state index >= 15 is 0 Å². The van der Waals surface area contributed by atoms with Gasteiger partial charge in [0.05, 0.1) is 0 Å². The number of urea groups is 1. The Hall–Kier alpha value is -0.980. The minimum absolute atomic E-state index is 0.183. The van der Waals surface area contributed by atoms with Gasteiger partial charge in [-0.05, 0) is 36.9 Å². The van der Waals surface area contributed by atoms with Crippen LogP contribution in [0.15, 0.2) is 23.2 Å². The Kier molecular flexibility index (Phi) is 4.57. The summed E-state index contributed by atoms with van der Waals surface area (Å²) >= 11 is 7.51. The van der Waals surface area contributed by atoms with Gasteiger partial charge in [0.25, 0.3) is 0 Å². The average Bonchev–Trinajstić information content (AvgIpc) is 2.83. The first-order chi connectivity index (χ1) is 10.1. The lowest BCUT2D eigenvalue weighted by molar-refractivity contribution is 0.160. The van der Waals surface area contributed by atoms with Crippen molar-refractivity contribution in [1.29, 1.82) is 0 Å². The molecule has 2 aliphatic rings. The van der Waals surface area contributed by atoms with Gasteiger partial charge in [0.2, 0.25) is 0 Å². The van der Waals surface area contributed by atoms with Crippen LogP contribution < -0.4 is 0 Å². The van der Waals surface area contributed by atoms with Gasteiger partial charge in [0, 0.05) is 50.4 Å². The van der Waals surface area contributed by atoms with Crippen LogP contribution in [-0.4, -0.2) is 64.4 Å². The number of hydrogen-bond acceptors (Lipinski definition) is 4. The van der Waals surface area contributed by atoms with Crippen LogP contribution >= 0.6 is 23.5 Å². The van der Waals surface area contributed by atoms with Crippen LogP contribution in [0.4, 0.5) is 4.79 Å². The number of nitrogens with zero attached hydrogens (tertiary/aromatic N) is 4. The van der Waals surface area contributed by atoms with Crippen LogP contribution in [0.1, 0.15) is 12.8 Å². The third kappa shape index (κ3) is 3.44. The second kappa shape index (κ2) is 6.42. The van der Waals surface area contributed by atoms with E-state index in [-0.39, 0.29) is 6.03 Å². The van der Waals surface area contributed by atoms with E-state index in [4.69, 9.17) is 11.6 Å². The molecule has 0 radical (unpaired) electrons. The zero-order valence-corrected chi connectivity index (χ0v) is 13.6. The van der Waals surface area contributed by atoms with Crippen molar-refractivity contribution in [3.05, 3.63) is 23.5 Å². The van der Waals surface area contributed by atoms with Crippen LogP contribution in [-0.2, 0) is 0 Å². The summed E-state index contributed by atoms with van der Waals surface area (Å²) in [6.07, 6.45) is 3.87. The molecular formula is C14H19ClN4OS. The van der Waals surface area contributed by atoms with Gasteiger partial charge in [0.15, 0.2) is 0 Å². The molecular weight excluding hydrogens is 308 g/mol. The van der Waals surface area contributed by atoms with Crippen molar-refractivity contribution in [3.8, 4) is 0 Å². The van der Waals surface area contributed by atoms with Gasteiger partial charge in [-0.2, -0.15) is 0 Å². The quantitative estimate of drug-likeness (QED) is 0.632. The summed E-state index contributed by atoms with van der Waals surface area (Å²) in [6, 6.07) is 4.38. The molecule has 2 aliphatic heterocycles. The van der Waals surface area contributed by atoms with Gasteiger partial charge in [-0.3, -0.25) is 0 Å². The largest absolute Gasteiger partial charge is 0.326 e. The maximum atomic E-state index is 12.0. The molecule has 1 aromatic rings. The normalized spacial score (nSPS) is 21.3. The molecule has 0 atom stereocenters. The fourth-order valence-electron chi connectivity index (χ4n) is 2.82. The van der Waals surface area contributed by atoms with E-state index in [0.717, 1.165) is 43.9 Å². The van der Waals surface area contributed by atoms with Gasteiger partial charge in [-0.15, -0.1) is 0 Å². The number of amides is 2. The number of likely N-dealkylation sites (N-methyl/N-ethyl adjacent to an activating group) is 1. The molecule has 114 valence electrons. The molecule has 2 amide bonds. The fraction of sp³-hybridized carbons (Fsp3) is 0.571. The monoisotopic (exact) mass is 326 g/mol. The second-order valence-corrected chi connectivity index (χ2v) is 7.02. The molecule has 0 aliphatic carbocycles. The van der Waals surface area contributed by atoms with E-state index < -0.39 is 0 Å². The van der Waals surface area contributed by atoms with Crippen LogP contribution in [0.25, 0.3) is 0 Å². The Bertz CT molecular complexity index is 504. The SMILES string of the molecule is CN1CCN(C2CCN(Sc3ccc(Cl)nc3)CC2)C1=O. The molecule has 2 saturated heterocycles.